The summed E-state index contributed by atoms with van der Waals surface area (Å²) in [5, 5.41) is 0.277. The second-order valence-corrected chi connectivity index (χ2v) is 7.33. The summed E-state index contributed by atoms with van der Waals surface area (Å²) in [5.41, 5.74) is 0.852. The monoisotopic (exact) mass is 415 g/mol. The molecule has 0 unspecified atom stereocenters. The number of benzene rings is 2. The van der Waals surface area contributed by atoms with E-state index in [0.29, 0.717) is 28.1 Å². The van der Waals surface area contributed by atoms with Crippen molar-refractivity contribution in [1.29, 1.82) is 0 Å². The van der Waals surface area contributed by atoms with E-state index in [0.717, 1.165) is 32.4 Å². The van der Waals surface area contributed by atoms with Crippen LogP contribution in [0.15, 0.2) is 41.2 Å². The molecule has 0 atom stereocenters. The third-order valence-electron chi connectivity index (χ3n) is 5.07. The first-order chi connectivity index (χ1) is 14.0. The summed E-state index contributed by atoms with van der Waals surface area (Å²) in [7, 11) is 1.30. The van der Waals surface area contributed by atoms with Crippen LogP contribution in [0.3, 0.4) is 0 Å². The van der Waals surface area contributed by atoms with Gasteiger partial charge in [0.25, 0.3) is 5.56 Å². The average Bonchev–Trinajstić information content (AvgIpc) is 2.75. The quantitative estimate of drug-likeness (QED) is 0.606. The van der Waals surface area contributed by atoms with E-state index in [9.17, 15) is 14.0 Å². The van der Waals surface area contributed by atoms with E-state index in [4.69, 9.17) is 21.3 Å². The highest BCUT2D eigenvalue weighted by Crippen LogP contribution is 2.25. The lowest BCUT2D eigenvalue weighted by molar-refractivity contribution is 0.0601. The van der Waals surface area contributed by atoms with Crippen LogP contribution >= 0.6 is 11.6 Å². The molecule has 0 amide bonds. The summed E-state index contributed by atoms with van der Waals surface area (Å²) in [6, 6.07) is 8.79. The largest absolute Gasteiger partial charge is 0.465 e. The van der Waals surface area contributed by atoms with Gasteiger partial charge in [-0.05, 0) is 55.7 Å². The second kappa shape index (κ2) is 7.83. The number of aromatic nitrogens is 2. The molecule has 8 heteroatoms. The highest BCUT2D eigenvalue weighted by molar-refractivity contribution is 6.30. The molecular formula is C21H19ClFN3O3. The van der Waals surface area contributed by atoms with Crippen LogP contribution in [-0.2, 0) is 4.74 Å². The lowest BCUT2D eigenvalue weighted by Crippen LogP contribution is -2.36. The van der Waals surface area contributed by atoms with Crippen LogP contribution in [0.25, 0.3) is 16.6 Å². The van der Waals surface area contributed by atoms with Crippen LogP contribution in [0.4, 0.5) is 10.3 Å². The Hall–Kier alpha value is -2.93. The Morgan fingerprint density at radius 2 is 1.90 bits per heavy atom. The molecule has 1 aromatic heterocycles. The first-order valence-electron chi connectivity index (χ1n) is 9.35. The van der Waals surface area contributed by atoms with E-state index in [1.54, 1.807) is 12.1 Å². The maximum atomic E-state index is 13.7. The molecule has 0 saturated carbocycles. The summed E-state index contributed by atoms with van der Waals surface area (Å²) in [4.78, 5) is 32.0. The molecule has 2 aromatic carbocycles. The van der Waals surface area contributed by atoms with Crippen LogP contribution in [0.2, 0.25) is 5.02 Å². The van der Waals surface area contributed by atoms with Crippen molar-refractivity contribution in [2.75, 3.05) is 25.1 Å². The number of fused-ring (bicyclic) bond motifs is 1. The fraction of sp³-hybridized carbons (Fsp3) is 0.286. The molecule has 4 rings (SSSR count). The molecule has 2 heterocycles. The Morgan fingerprint density at radius 1 is 1.14 bits per heavy atom. The van der Waals surface area contributed by atoms with Gasteiger partial charge in [0, 0.05) is 13.1 Å². The minimum Gasteiger partial charge on any atom is -0.465 e. The number of esters is 1. The Bertz CT molecular complexity index is 1160. The number of piperidine rings is 1. The Balaban J connectivity index is 1.98. The van der Waals surface area contributed by atoms with E-state index in [-0.39, 0.29) is 10.6 Å². The van der Waals surface area contributed by atoms with Crippen LogP contribution < -0.4 is 10.5 Å². The number of methoxy groups -OCH3 is 1. The molecule has 1 saturated heterocycles. The molecule has 150 valence electrons. The molecule has 6 nitrogen and oxygen atoms in total. The highest BCUT2D eigenvalue weighted by Gasteiger charge is 2.21. The predicted molar refractivity (Wildman–Crippen MR) is 110 cm³/mol. The van der Waals surface area contributed by atoms with Crippen LogP contribution in [-0.4, -0.2) is 35.7 Å². The number of carbonyl (C=O) groups is 1. The van der Waals surface area contributed by atoms with Gasteiger partial charge in [0.2, 0.25) is 5.95 Å². The van der Waals surface area contributed by atoms with Crippen LogP contribution in [0.5, 0.6) is 0 Å². The zero-order chi connectivity index (χ0) is 20.5. The number of hydrogen-bond acceptors (Lipinski definition) is 5. The van der Waals surface area contributed by atoms with Crippen molar-refractivity contribution in [3.63, 3.8) is 0 Å². The Kier molecular flexibility index (Phi) is 5.24. The van der Waals surface area contributed by atoms with Crippen molar-refractivity contribution in [1.82, 2.24) is 9.55 Å². The van der Waals surface area contributed by atoms with Gasteiger partial charge >= 0.3 is 5.97 Å². The van der Waals surface area contributed by atoms with Crippen molar-refractivity contribution in [3.8, 4) is 5.69 Å². The Morgan fingerprint density at radius 3 is 2.59 bits per heavy atom. The maximum absolute atomic E-state index is 13.7. The standard InChI is InChI=1S/C21H19ClFN3O3/c1-29-20(28)13-5-7-15-18(11-13)24-21(25-9-3-2-4-10-25)26(19(15)27)14-6-8-17(23)16(22)12-14/h5-8,11-12H,2-4,9-10H2,1H3. The minimum atomic E-state index is -0.556. The molecule has 1 fully saturated rings. The summed E-state index contributed by atoms with van der Waals surface area (Å²) < 4.78 is 19.9. The Labute approximate surface area is 171 Å². The molecule has 0 bridgehead atoms. The van der Waals surface area contributed by atoms with E-state index in [1.165, 1.54) is 35.9 Å². The third-order valence-corrected chi connectivity index (χ3v) is 5.36. The van der Waals surface area contributed by atoms with Gasteiger partial charge in [-0.1, -0.05) is 11.6 Å². The van der Waals surface area contributed by atoms with Gasteiger partial charge < -0.3 is 9.64 Å². The molecule has 0 spiro atoms. The van der Waals surface area contributed by atoms with Crippen molar-refractivity contribution in [2.24, 2.45) is 0 Å². The van der Waals surface area contributed by atoms with Gasteiger partial charge in [-0.25, -0.2) is 18.7 Å². The number of anilines is 1. The van der Waals surface area contributed by atoms with Gasteiger partial charge in [0.05, 0.1) is 34.3 Å². The van der Waals surface area contributed by atoms with Crippen molar-refractivity contribution in [2.45, 2.75) is 19.3 Å². The maximum Gasteiger partial charge on any atom is 0.337 e. The number of halogens is 2. The van der Waals surface area contributed by atoms with Crippen LogP contribution in [0, 0.1) is 5.82 Å². The van der Waals surface area contributed by atoms with Crippen LogP contribution in [0.1, 0.15) is 29.6 Å². The van der Waals surface area contributed by atoms with E-state index in [2.05, 4.69) is 0 Å². The molecule has 0 aliphatic carbocycles. The molecule has 0 radical (unpaired) electrons. The zero-order valence-electron chi connectivity index (χ0n) is 15.8. The van der Waals surface area contributed by atoms with Gasteiger partial charge in [-0.2, -0.15) is 0 Å². The molecule has 1 aliphatic rings. The fourth-order valence-corrected chi connectivity index (χ4v) is 3.76. The molecule has 3 aromatic rings. The normalized spacial score (nSPS) is 14.2. The fourth-order valence-electron chi connectivity index (χ4n) is 3.58. The third kappa shape index (κ3) is 3.58. The zero-order valence-corrected chi connectivity index (χ0v) is 16.6. The van der Waals surface area contributed by atoms with Crippen molar-refractivity contribution < 1.29 is 13.9 Å². The summed E-state index contributed by atoms with van der Waals surface area (Å²) in [5.74, 6) is -0.603. The van der Waals surface area contributed by atoms with Gasteiger partial charge in [0.1, 0.15) is 5.82 Å². The molecule has 0 N–H and O–H groups in total. The molecule has 29 heavy (non-hydrogen) atoms. The number of carbonyl (C=O) groups excluding carboxylic acids is 1. The van der Waals surface area contributed by atoms with Crippen molar-refractivity contribution >= 4 is 34.4 Å². The summed E-state index contributed by atoms with van der Waals surface area (Å²) in [6.07, 6.45) is 3.09. The second-order valence-electron chi connectivity index (χ2n) is 6.92. The predicted octanol–water partition coefficient (Wildman–Crippen LogP) is 3.96. The first kappa shape index (κ1) is 19.4. The number of rotatable bonds is 3. The topological polar surface area (TPSA) is 64.4 Å². The lowest BCUT2D eigenvalue weighted by Gasteiger charge is -2.30. The lowest BCUT2D eigenvalue weighted by atomic mass is 10.1. The number of ether oxygens (including phenoxy) is 1. The van der Waals surface area contributed by atoms with E-state index >= 15 is 0 Å². The van der Waals surface area contributed by atoms with E-state index < -0.39 is 11.8 Å². The number of nitrogens with zero attached hydrogens (tertiary/aromatic N) is 3. The average molecular weight is 416 g/mol. The van der Waals surface area contributed by atoms with E-state index in [1.807, 2.05) is 4.90 Å². The highest BCUT2D eigenvalue weighted by atomic mass is 35.5. The van der Waals surface area contributed by atoms with Gasteiger partial charge in [0.15, 0.2) is 0 Å². The number of hydrogen-bond donors (Lipinski definition) is 0. The summed E-state index contributed by atoms with van der Waals surface area (Å²) >= 11 is 5.97. The summed E-state index contributed by atoms with van der Waals surface area (Å²) in [6.45, 7) is 1.51. The van der Waals surface area contributed by atoms with Crippen molar-refractivity contribution in [3.05, 3.63) is 63.2 Å². The molecule has 1 aliphatic heterocycles. The smallest absolute Gasteiger partial charge is 0.337 e. The minimum absolute atomic E-state index is 0.0693. The SMILES string of the molecule is COC(=O)c1ccc2c(=O)n(-c3ccc(F)c(Cl)c3)c(N3CCCCC3)nc2c1. The van der Waals surface area contributed by atoms with Gasteiger partial charge in [-0.15, -0.1) is 0 Å². The first-order valence-corrected chi connectivity index (χ1v) is 9.73. The van der Waals surface area contributed by atoms with Gasteiger partial charge in [-0.3, -0.25) is 4.79 Å². The molecular weight excluding hydrogens is 397 g/mol.